The molecule has 2 aromatic rings. The lowest BCUT2D eigenvalue weighted by molar-refractivity contribution is -0.141. The Balaban J connectivity index is 1.80. The Morgan fingerprint density at radius 3 is 2.76 bits per heavy atom. The number of rotatable bonds is 2. The summed E-state index contributed by atoms with van der Waals surface area (Å²) in [6.07, 6.45) is 1.06. The number of hydrogen-bond donors (Lipinski definition) is 0. The molecule has 3 rings (SSSR count). The highest BCUT2D eigenvalue weighted by Crippen LogP contribution is 2.30. The molecule has 112 valence electrons. The van der Waals surface area contributed by atoms with E-state index in [9.17, 15) is 13.2 Å². The highest BCUT2D eigenvalue weighted by atomic mass is 19.4. The summed E-state index contributed by atoms with van der Waals surface area (Å²) < 4.78 is 40.1. The highest BCUT2D eigenvalue weighted by Gasteiger charge is 2.33. The Morgan fingerprint density at radius 1 is 1.19 bits per heavy atom. The first kappa shape index (κ1) is 13.9. The second-order valence-corrected chi connectivity index (χ2v) is 5.11. The van der Waals surface area contributed by atoms with Gasteiger partial charge in [0.15, 0.2) is 0 Å². The lowest BCUT2D eigenvalue weighted by Crippen LogP contribution is -2.37. The smallest absolute Gasteiger partial charge is 0.354 e. The molecule has 1 atom stereocenters. The van der Waals surface area contributed by atoms with Gasteiger partial charge in [0.2, 0.25) is 0 Å². The van der Waals surface area contributed by atoms with Gasteiger partial charge in [0.25, 0.3) is 0 Å². The molecule has 1 aliphatic rings. The molecule has 0 aromatic carbocycles. The van der Waals surface area contributed by atoms with E-state index in [1.54, 1.807) is 12.3 Å². The minimum Gasteiger partial charge on any atom is -0.354 e. The van der Waals surface area contributed by atoms with Crippen LogP contribution in [0.15, 0.2) is 36.7 Å². The van der Waals surface area contributed by atoms with Crippen molar-refractivity contribution in [1.29, 1.82) is 0 Å². The first-order valence-electron chi connectivity index (χ1n) is 6.82. The van der Waals surface area contributed by atoms with E-state index in [-0.39, 0.29) is 6.04 Å². The summed E-state index contributed by atoms with van der Waals surface area (Å²) >= 11 is 0. The molecule has 1 unspecified atom stereocenters. The molecule has 21 heavy (non-hydrogen) atoms. The maximum Gasteiger partial charge on any atom is 0.433 e. The van der Waals surface area contributed by atoms with Crippen LogP contribution in [0.3, 0.4) is 0 Å². The number of anilines is 1. The van der Waals surface area contributed by atoms with Crippen LogP contribution < -0.4 is 4.90 Å². The van der Waals surface area contributed by atoms with Crippen LogP contribution in [0.1, 0.15) is 24.6 Å². The van der Waals surface area contributed by atoms with Gasteiger partial charge in [-0.05, 0) is 31.0 Å². The number of halogens is 3. The second kappa shape index (κ2) is 5.38. The van der Waals surface area contributed by atoms with Crippen LogP contribution in [0.4, 0.5) is 19.0 Å². The third-order valence-corrected chi connectivity index (χ3v) is 3.64. The van der Waals surface area contributed by atoms with Crippen LogP contribution in [0.2, 0.25) is 0 Å². The molecule has 1 fully saturated rings. The summed E-state index contributed by atoms with van der Waals surface area (Å²) in [5.74, 6) is 0.377. The van der Waals surface area contributed by atoms with E-state index in [2.05, 4.69) is 10.1 Å². The monoisotopic (exact) mass is 296 g/mol. The van der Waals surface area contributed by atoms with Crippen LogP contribution in [-0.2, 0) is 6.18 Å². The Labute approximate surface area is 120 Å². The van der Waals surface area contributed by atoms with Crippen LogP contribution in [0.5, 0.6) is 0 Å². The van der Waals surface area contributed by atoms with Crippen molar-refractivity contribution in [2.45, 2.75) is 25.1 Å². The third-order valence-electron chi connectivity index (χ3n) is 3.64. The fourth-order valence-corrected chi connectivity index (χ4v) is 2.63. The average Bonchev–Trinajstić information content (AvgIpc) is 3.01. The summed E-state index contributed by atoms with van der Waals surface area (Å²) in [5, 5.41) is 4.21. The number of alkyl halides is 3. The van der Waals surface area contributed by atoms with Gasteiger partial charge in [-0.2, -0.15) is 18.3 Å². The molecule has 2 aromatic heterocycles. The standard InChI is InChI=1S/C14H15F3N4/c15-14(16,17)12-5-1-6-13(19-12)20-8-2-4-11(10-20)21-9-3-7-18-21/h1,3,5-7,9,11H,2,4,8,10H2. The largest absolute Gasteiger partial charge is 0.433 e. The van der Waals surface area contributed by atoms with Crippen molar-refractivity contribution in [2.24, 2.45) is 0 Å². The maximum atomic E-state index is 12.7. The van der Waals surface area contributed by atoms with Crippen molar-refractivity contribution in [1.82, 2.24) is 14.8 Å². The molecule has 1 saturated heterocycles. The van der Waals surface area contributed by atoms with Gasteiger partial charge < -0.3 is 4.90 Å². The average molecular weight is 296 g/mol. The molecule has 0 spiro atoms. The third kappa shape index (κ3) is 3.01. The van der Waals surface area contributed by atoms with E-state index in [0.717, 1.165) is 18.9 Å². The number of pyridine rings is 1. The van der Waals surface area contributed by atoms with E-state index in [1.807, 2.05) is 21.8 Å². The molecule has 7 heteroatoms. The van der Waals surface area contributed by atoms with Crippen LogP contribution in [-0.4, -0.2) is 27.9 Å². The zero-order valence-corrected chi connectivity index (χ0v) is 11.3. The Kier molecular flexibility index (Phi) is 3.57. The SMILES string of the molecule is FC(F)(F)c1cccc(N2CCCC(n3cccn3)C2)n1. The minimum atomic E-state index is -4.41. The first-order chi connectivity index (χ1) is 10.0. The van der Waals surface area contributed by atoms with Gasteiger partial charge in [0.1, 0.15) is 11.5 Å². The topological polar surface area (TPSA) is 34.0 Å². The Bertz CT molecular complexity index is 595. The van der Waals surface area contributed by atoms with Crippen LogP contribution >= 0.6 is 0 Å². The van der Waals surface area contributed by atoms with Crippen molar-refractivity contribution in [3.05, 3.63) is 42.4 Å². The van der Waals surface area contributed by atoms with Crippen molar-refractivity contribution < 1.29 is 13.2 Å². The number of hydrogen-bond acceptors (Lipinski definition) is 3. The van der Waals surface area contributed by atoms with Gasteiger partial charge in [0, 0.05) is 25.5 Å². The van der Waals surface area contributed by atoms with Gasteiger partial charge in [-0.25, -0.2) is 4.98 Å². The summed E-state index contributed by atoms with van der Waals surface area (Å²) in [7, 11) is 0. The molecule has 3 heterocycles. The van der Waals surface area contributed by atoms with Crippen LogP contribution in [0, 0.1) is 0 Å². The van der Waals surface area contributed by atoms with E-state index >= 15 is 0 Å². The fourth-order valence-electron chi connectivity index (χ4n) is 2.63. The summed E-state index contributed by atoms with van der Waals surface area (Å²) in [6.45, 7) is 1.34. The number of aromatic nitrogens is 3. The second-order valence-electron chi connectivity index (χ2n) is 5.11. The number of piperidine rings is 1. The van der Waals surface area contributed by atoms with E-state index in [0.29, 0.717) is 18.9 Å². The predicted octanol–water partition coefficient (Wildman–Crippen LogP) is 3.14. The molecule has 1 aliphatic heterocycles. The van der Waals surface area contributed by atoms with E-state index < -0.39 is 11.9 Å². The zero-order valence-electron chi connectivity index (χ0n) is 11.3. The lowest BCUT2D eigenvalue weighted by atomic mass is 10.1. The highest BCUT2D eigenvalue weighted by molar-refractivity contribution is 5.40. The van der Waals surface area contributed by atoms with Gasteiger partial charge in [-0.15, -0.1) is 0 Å². The first-order valence-corrected chi connectivity index (χ1v) is 6.82. The quantitative estimate of drug-likeness (QED) is 0.854. The Morgan fingerprint density at radius 2 is 2.05 bits per heavy atom. The summed E-state index contributed by atoms with van der Waals surface area (Å²) in [5.41, 5.74) is -0.846. The summed E-state index contributed by atoms with van der Waals surface area (Å²) in [6, 6.07) is 6.05. The van der Waals surface area contributed by atoms with Gasteiger partial charge >= 0.3 is 6.18 Å². The van der Waals surface area contributed by atoms with Crippen molar-refractivity contribution in [3.8, 4) is 0 Å². The number of nitrogens with zero attached hydrogens (tertiary/aromatic N) is 4. The van der Waals surface area contributed by atoms with Crippen molar-refractivity contribution in [3.63, 3.8) is 0 Å². The molecular weight excluding hydrogens is 281 g/mol. The zero-order chi connectivity index (χ0) is 14.9. The molecule has 4 nitrogen and oxygen atoms in total. The molecule has 0 saturated carbocycles. The maximum absolute atomic E-state index is 12.7. The fraction of sp³-hybridized carbons (Fsp3) is 0.429. The Hall–Kier alpha value is -2.05. The van der Waals surface area contributed by atoms with Crippen molar-refractivity contribution >= 4 is 5.82 Å². The van der Waals surface area contributed by atoms with Gasteiger partial charge in [-0.1, -0.05) is 6.07 Å². The van der Waals surface area contributed by atoms with Gasteiger partial charge in [-0.3, -0.25) is 4.68 Å². The van der Waals surface area contributed by atoms with Crippen molar-refractivity contribution in [2.75, 3.05) is 18.0 Å². The lowest BCUT2D eigenvalue weighted by Gasteiger charge is -2.33. The molecular formula is C14H15F3N4. The molecule has 0 bridgehead atoms. The predicted molar refractivity (Wildman–Crippen MR) is 72.0 cm³/mol. The molecule has 0 amide bonds. The molecule has 0 radical (unpaired) electrons. The van der Waals surface area contributed by atoms with Crippen LogP contribution in [0.25, 0.3) is 0 Å². The molecule has 0 N–H and O–H groups in total. The minimum absolute atomic E-state index is 0.171. The van der Waals surface area contributed by atoms with Gasteiger partial charge in [0.05, 0.1) is 6.04 Å². The van der Waals surface area contributed by atoms with E-state index in [1.165, 1.54) is 6.07 Å². The normalized spacial score (nSPS) is 19.8. The molecule has 0 aliphatic carbocycles. The summed E-state index contributed by atoms with van der Waals surface area (Å²) in [4.78, 5) is 5.65. The van der Waals surface area contributed by atoms with E-state index in [4.69, 9.17) is 0 Å².